The van der Waals surface area contributed by atoms with Gasteiger partial charge in [0.05, 0.1) is 0 Å². The predicted molar refractivity (Wildman–Crippen MR) is 83.0 cm³/mol. The summed E-state index contributed by atoms with van der Waals surface area (Å²) in [6.07, 6.45) is 0.596. The molecule has 110 valence electrons. The molecule has 1 aromatic rings. The highest BCUT2D eigenvalue weighted by atomic mass is 16.2. The Morgan fingerprint density at radius 3 is 2.45 bits per heavy atom. The van der Waals surface area contributed by atoms with Crippen LogP contribution in [0.1, 0.15) is 20.3 Å². The zero-order valence-electron chi connectivity index (χ0n) is 12.5. The number of hydrogen-bond acceptors (Lipinski definition) is 3. The minimum atomic E-state index is 0.264. The first-order chi connectivity index (χ1) is 9.70. The average molecular weight is 275 g/mol. The quantitative estimate of drug-likeness (QED) is 0.889. The van der Waals surface area contributed by atoms with E-state index in [0.29, 0.717) is 6.42 Å². The van der Waals surface area contributed by atoms with E-state index in [4.69, 9.17) is 0 Å². The molecule has 1 heterocycles. The molecule has 2 rings (SSSR count). The van der Waals surface area contributed by atoms with Crippen LogP contribution >= 0.6 is 0 Å². The van der Waals surface area contributed by atoms with Gasteiger partial charge in [-0.15, -0.1) is 0 Å². The summed E-state index contributed by atoms with van der Waals surface area (Å²) >= 11 is 0. The van der Waals surface area contributed by atoms with Crippen molar-refractivity contribution in [2.75, 3.05) is 37.6 Å². The number of hydrogen-bond donors (Lipinski definition) is 1. The number of nitrogens with zero attached hydrogens (tertiary/aromatic N) is 2. The molecule has 0 saturated carbocycles. The van der Waals surface area contributed by atoms with Crippen molar-refractivity contribution in [1.29, 1.82) is 0 Å². The van der Waals surface area contributed by atoms with Gasteiger partial charge in [-0.1, -0.05) is 25.1 Å². The standard InChI is InChI=1S/C16H25N3O/c1-3-17-14(2)13-16(20)19-11-9-18(10-12-19)15-7-5-4-6-8-15/h4-8,14,17H,3,9-13H2,1-2H3. The summed E-state index contributed by atoms with van der Waals surface area (Å²) < 4.78 is 0. The second-order valence-corrected chi connectivity index (χ2v) is 5.37. The van der Waals surface area contributed by atoms with Crippen LogP contribution in [-0.4, -0.2) is 49.6 Å². The van der Waals surface area contributed by atoms with E-state index in [1.165, 1.54) is 5.69 Å². The van der Waals surface area contributed by atoms with E-state index in [-0.39, 0.29) is 11.9 Å². The van der Waals surface area contributed by atoms with Gasteiger partial charge in [-0.25, -0.2) is 0 Å². The zero-order valence-corrected chi connectivity index (χ0v) is 12.5. The summed E-state index contributed by atoms with van der Waals surface area (Å²) in [5, 5.41) is 3.29. The average Bonchev–Trinajstić information content (AvgIpc) is 2.48. The summed E-state index contributed by atoms with van der Waals surface area (Å²) in [4.78, 5) is 16.5. The Hall–Kier alpha value is -1.55. The van der Waals surface area contributed by atoms with Crippen molar-refractivity contribution in [3.63, 3.8) is 0 Å². The molecule has 0 spiro atoms. The maximum Gasteiger partial charge on any atom is 0.224 e. The molecule has 0 radical (unpaired) electrons. The number of carbonyl (C=O) groups is 1. The van der Waals surface area contributed by atoms with E-state index < -0.39 is 0 Å². The third-order valence-electron chi connectivity index (χ3n) is 3.79. The molecular weight excluding hydrogens is 250 g/mol. The fraction of sp³-hybridized carbons (Fsp3) is 0.562. The largest absolute Gasteiger partial charge is 0.368 e. The number of carbonyl (C=O) groups excluding carboxylic acids is 1. The summed E-state index contributed by atoms with van der Waals surface area (Å²) in [7, 11) is 0. The normalized spacial score (nSPS) is 17.1. The molecule has 20 heavy (non-hydrogen) atoms. The smallest absolute Gasteiger partial charge is 0.224 e. The fourth-order valence-corrected chi connectivity index (χ4v) is 2.66. The van der Waals surface area contributed by atoms with Gasteiger partial charge in [0.1, 0.15) is 0 Å². The Kier molecular flexibility index (Phi) is 5.41. The van der Waals surface area contributed by atoms with Crippen molar-refractivity contribution >= 4 is 11.6 Å². The molecule has 1 fully saturated rings. The minimum Gasteiger partial charge on any atom is -0.368 e. The highest BCUT2D eigenvalue weighted by Crippen LogP contribution is 2.16. The summed E-state index contributed by atoms with van der Waals surface area (Å²) in [6.45, 7) is 8.55. The first-order valence-electron chi connectivity index (χ1n) is 7.52. The molecule has 1 N–H and O–H groups in total. The van der Waals surface area contributed by atoms with E-state index in [2.05, 4.69) is 48.3 Å². The number of anilines is 1. The highest BCUT2D eigenvalue weighted by Gasteiger charge is 2.22. The number of para-hydroxylation sites is 1. The second kappa shape index (κ2) is 7.29. The van der Waals surface area contributed by atoms with Crippen LogP contribution in [0.4, 0.5) is 5.69 Å². The molecule has 0 aromatic heterocycles. The zero-order chi connectivity index (χ0) is 14.4. The van der Waals surface area contributed by atoms with Crippen molar-refractivity contribution < 1.29 is 4.79 Å². The van der Waals surface area contributed by atoms with Crippen LogP contribution in [0.3, 0.4) is 0 Å². The number of nitrogens with one attached hydrogen (secondary N) is 1. The number of amides is 1. The Balaban J connectivity index is 1.80. The monoisotopic (exact) mass is 275 g/mol. The third kappa shape index (κ3) is 3.97. The van der Waals surface area contributed by atoms with Crippen LogP contribution in [0.25, 0.3) is 0 Å². The lowest BCUT2D eigenvalue weighted by molar-refractivity contribution is -0.131. The van der Waals surface area contributed by atoms with E-state index in [1.54, 1.807) is 0 Å². The molecule has 4 nitrogen and oxygen atoms in total. The van der Waals surface area contributed by atoms with E-state index in [0.717, 1.165) is 32.7 Å². The lowest BCUT2D eigenvalue weighted by Gasteiger charge is -2.36. The van der Waals surface area contributed by atoms with Crippen molar-refractivity contribution in [2.45, 2.75) is 26.3 Å². The molecule has 0 bridgehead atoms. The Bertz CT molecular complexity index is 413. The fourth-order valence-electron chi connectivity index (χ4n) is 2.66. The topological polar surface area (TPSA) is 35.6 Å². The molecule has 1 saturated heterocycles. The lowest BCUT2D eigenvalue weighted by Crippen LogP contribution is -2.49. The van der Waals surface area contributed by atoms with Crippen LogP contribution in [-0.2, 0) is 4.79 Å². The number of benzene rings is 1. The van der Waals surface area contributed by atoms with Crippen molar-refractivity contribution in [1.82, 2.24) is 10.2 Å². The highest BCUT2D eigenvalue weighted by molar-refractivity contribution is 5.77. The predicted octanol–water partition coefficient (Wildman–Crippen LogP) is 1.72. The van der Waals surface area contributed by atoms with E-state index in [9.17, 15) is 4.79 Å². The van der Waals surface area contributed by atoms with Gasteiger partial charge >= 0.3 is 0 Å². The van der Waals surface area contributed by atoms with Crippen molar-refractivity contribution in [3.8, 4) is 0 Å². The van der Waals surface area contributed by atoms with E-state index in [1.807, 2.05) is 11.0 Å². The van der Waals surface area contributed by atoms with Gasteiger partial charge in [-0.05, 0) is 25.6 Å². The Morgan fingerprint density at radius 2 is 1.85 bits per heavy atom. The number of piperazine rings is 1. The maximum atomic E-state index is 12.2. The molecule has 1 aliphatic heterocycles. The lowest BCUT2D eigenvalue weighted by atomic mass is 10.2. The van der Waals surface area contributed by atoms with Crippen molar-refractivity contribution in [3.05, 3.63) is 30.3 Å². The van der Waals surface area contributed by atoms with Gasteiger partial charge in [-0.2, -0.15) is 0 Å². The first-order valence-corrected chi connectivity index (χ1v) is 7.52. The molecule has 1 unspecified atom stereocenters. The van der Waals surface area contributed by atoms with Crippen LogP contribution in [0.15, 0.2) is 30.3 Å². The van der Waals surface area contributed by atoms with Gasteiger partial charge in [-0.3, -0.25) is 4.79 Å². The van der Waals surface area contributed by atoms with Crippen LogP contribution in [0.5, 0.6) is 0 Å². The first kappa shape index (κ1) is 14.9. The minimum absolute atomic E-state index is 0.264. The van der Waals surface area contributed by atoms with Crippen molar-refractivity contribution in [2.24, 2.45) is 0 Å². The van der Waals surface area contributed by atoms with Gasteiger partial charge in [0.25, 0.3) is 0 Å². The molecule has 1 aliphatic rings. The number of rotatable bonds is 5. The van der Waals surface area contributed by atoms with Gasteiger partial charge in [0, 0.05) is 44.3 Å². The second-order valence-electron chi connectivity index (χ2n) is 5.37. The van der Waals surface area contributed by atoms with Gasteiger partial charge < -0.3 is 15.1 Å². The van der Waals surface area contributed by atoms with Crippen LogP contribution in [0.2, 0.25) is 0 Å². The summed E-state index contributed by atoms with van der Waals surface area (Å²) in [6, 6.07) is 10.7. The van der Waals surface area contributed by atoms with Crippen LogP contribution < -0.4 is 10.2 Å². The molecule has 1 amide bonds. The SMILES string of the molecule is CCNC(C)CC(=O)N1CCN(c2ccccc2)CC1. The van der Waals surface area contributed by atoms with E-state index >= 15 is 0 Å². The molecular formula is C16H25N3O. The summed E-state index contributed by atoms with van der Waals surface area (Å²) in [5.74, 6) is 0.270. The summed E-state index contributed by atoms with van der Waals surface area (Å²) in [5.41, 5.74) is 1.25. The Labute approximate surface area is 121 Å². The van der Waals surface area contributed by atoms with Crippen LogP contribution in [0, 0.1) is 0 Å². The van der Waals surface area contributed by atoms with Gasteiger partial charge in [0.15, 0.2) is 0 Å². The maximum absolute atomic E-state index is 12.2. The van der Waals surface area contributed by atoms with Gasteiger partial charge in [0.2, 0.25) is 5.91 Å². The third-order valence-corrected chi connectivity index (χ3v) is 3.79. The Morgan fingerprint density at radius 1 is 1.20 bits per heavy atom. The molecule has 0 aliphatic carbocycles. The molecule has 1 atom stereocenters. The molecule has 4 heteroatoms. The molecule has 1 aromatic carbocycles.